The number of benzene rings is 1. The van der Waals surface area contributed by atoms with Gasteiger partial charge in [-0.25, -0.2) is 0 Å². The Morgan fingerprint density at radius 2 is 2.24 bits per heavy atom. The lowest BCUT2D eigenvalue weighted by molar-refractivity contribution is 0.279. The second kappa shape index (κ2) is 5.08. The highest BCUT2D eigenvalue weighted by molar-refractivity contribution is 5.79. The van der Waals surface area contributed by atoms with Gasteiger partial charge in [-0.2, -0.15) is 4.98 Å². The van der Waals surface area contributed by atoms with Gasteiger partial charge in [0.05, 0.1) is 17.6 Å². The molecule has 2 rings (SSSR count). The number of aromatic nitrogens is 2. The van der Waals surface area contributed by atoms with Crippen LogP contribution in [0.25, 0.3) is 11.0 Å². The molecule has 1 aromatic heterocycles. The fourth-order valence-corrected chi connectivity index (χ4v) is 1.73. The third-order valence-corrected chi connectivity index (χ3v) is 2.65. The summed E-state index contributed by atoms with van der Waals surface area (Å²) in [6, 6.07) is 6.17. The maximum absolute atomic E-state index is 5.70. The molecular formula is C13H19N3O. The molecule has 0 radical (unpaired) electrons. The molecule has 1 heterocycles. The number of nitrogens with zero attached hydrogens (tertiary/aromatic N) is 1. The smallest absolute Gasteiger partial charge is 0.294 e. The average Bonchev–Trinajstić information content (AvgIpc) is 2.66. The van der Waals surface area contributed by atoms with Crippen LogP contribution < -0.4 is 10.5 Å². The summed E-state index contributed by atoms with van der Waals surface area (Å²) in [6.45, 7) is 5.13. The zero-order chi connectivity index (χ0) is 12.3. The Morgan fingerprint density at radius 3 is 3.00 bits per heavy atom. The molecule has 3 N–H and O–H groups in total. The maximum Gasteiger partial charge on any atom is 0.294 e. The first kappa shape index (κ1) is 11.8. The minimum Gasteiger partial charge on any atom is -0.465 e. The monoisotopic (exact) mass is 233 g/mol. The van der Waals surface area contributed by atoms with E-state index in [1.165, 1.54) is 6.42 Å². The Kier molecular flexibility index (Phi) is 3.52. The molecule has 0 bridgehead atoms. The first-order valence-corrected chi connectivity index (χ1v) is 6.03. The normalized spacial score (nSPS) is 11.2. The molecule has 17 heavy (non-hydrogen) atoms. The Labute approximate surface area is 101 Å². The van der Waals surface area contributed by atoms with Crippen LogP contribution in [0, 0.1) is 5.92 Å². The largest absolute Gasteiger partial charge is 0.465 e. The van der Waals surface area contributed by atoms with E-state index in [0.29, 0.717) is 18.5 Å². The van der Waals surface area contributed by atoms with Crippen molar-refractivity contribution in [1.82, 2.24) is 9.97 Å². The zero-order valence-electron chi connectivity index (χ0n) is 10.4. The van der Waals surface area contributed by atoms with Gasteiger partial charge in [-0.05, 0) is 37.0 Å². The molecule has 2 aromatic rings. The summed E-state index contributed by atoms with van der Waals surface area (Å²) < 4.78 is 5.57. The SMILES string of the molecule is CC(C)CCCOc1nc2ccc(N)cc2[nH]1. The lowest BCUT2D eigenvalue weighted by Gasteiger charge is -2.04. The van der Waals surface area contributed by atoms with Gasteiger partial charge in [-0.3, -0.25) is 0 Å². The number of nitrogens with two attached hydrogens (primary N) is 1. The second-order valence-electron chi connectivity index (χ2n) is 4.70. The maximum atomic E-state index is 5.70. The van der Waals surface area contributed by atoms with E-state index >= 15 is 0 Å². The van der Waals surface area contributed by atoms with Crippen molar-refractivity contribution in [2.24, 2.45) is 5.92 Å². The minimum absolute atomic E-state index is 0.578. The molecule has 0 fully saturated rings. The van der Waals surface area contributed by atoms with Crippen LogP contribution in [0.15, 0.2) is 18.2 Å². The standard InChI is InChI=1S/C13H19N3O/c1-9(2)4-3-7-17-13-15-11-6-5-10(14)8-12(11)16-13/h5-6,8-9H,3-4,7,14H2,1-2H3,(H,15,16). The van der Waals surface area contributed by atoms with Gasteiger partial charge in [0, 0.05) is 5.69 Å². The molecular weight excluding hydrogens is 214 g/mol. The van der Waals surface area contributed by atoms with Crippen LogP contribution in [0.4, 0.5) is 5.69 Å². The quantitative estimate of drug-likeness (QED) is 0.616. The summed E-state index contributed by atoms with van der Waals surface area (Å²) in [5.74, 6) is 0.717. The molecule has 0 aliphatic carbocycles. The highest BCUT2D eigenvalue weighted by atomic mass is 16.5. The average molecular weight is 233 g/mol. The van der Waals surface area contributed by atoms with Gasteiger partial charge in [0.25, 0.3) is 6.01 Å². The van der Waals surface area contributed by atoms with Gasteiger partial charge in [0.2, 0.25) is 0 Å². The number of fused-ring (bicyclic) bond motifs is 1. The molecule has 0 saturated heterocycles. The summed E-state index contributed by atoms with van der Waals surface area (Å²) in [5.41, 5.74) is 8.24. The van der Waals surface area contributed by atoms with E-state index in [4.69, 9.17) is 10.5 Å². The predicted molar refractivity (Wildman–Crippen MR) is 70.1 cm³/mol. The number of nitrogens with one attached hydrogen (secondary N) is 1. The molecule has 4 nitrogen and oxygen atoms in total. The summed E-state index contributed by atoms with van der Waals surface area (Å²) in [6.07, 6.45) is 2.23. The molecule has 0 saturated carbocycles. The van der Waals surface area contributed by atoms with Crippen molar-refractivity contribution in [3.8, 4) is 6.01 Å². The highest BCUT2D eigenvalue weighted by Gasteiger charge is 2.03. The fraction of sp³-hybridized carbons (Fsp3) is 0.462. The van der Waals surface area contributed by atoms with Crippen molar-refractivity contribution in [3.05, 3.63) is 18.2 Å². The first-order chi connectivity index (χ1) is 8.15. The van der Waals surface area contributed by atoms with Crippen LogP contribution in [-0.2, 0) is 0 Å². The summed E-state index contributed by atoms with van der Waals surface area (Å²) in [5, 5.41) is 0. The first-order valence-electron chi connectivity index (χ1n) is 6.03. The number of hydrogen-bond acceptors (Lipinski definition) is 3. The number of hydrogen-bond donors (Lipinski definition) is 2. The van der Waals surface area contributed by atoms with Gasteiger partial charge in [-0.1, -0.05) is 13.8 Å². The van der Waals surface area contributed by atoms with Gasteiger partial charge in [0.15, 0.2) is 0 Å². The molecule has 0 spiro atoms. The summed E-state index contributed by atoms with van der Waals surface area (Å²) in [7, 11) is 0. The van der Waals surface area contributed by atoms with Gasteiger partial charge >= 0.3 is 0 Å². The molecule has 92 valence electrons. The van der Waals surface area contributed by atoms with Crippen molar-refractivity contribution >= 4 is 16.7 Å². The molecule has 4 heteroatoms. The van der Waals surface area contributed by atoms with Crippen molar-refractivity contribution in [3.63, 3.8) is 0 Å². The van der Waals surface area contributed by atoms with Crippen molar-refractivity contribution < 1.29 is 4.74 Å². The third kappa shape index (κ3) is 3.12. The van der Waals surface area contributed by atoms with Crippen LogP contribution in [-0.4, -0.2) is 16.6 Å². The van der Waals surface area contributed by atoms with Crippen molar-refractivity contribution in [1.29, 1.82) is 0 Å². The van der Waals surface area contributed by atoms with Crippen molar-refractivity contribution in [2.45, 2.75) is 26.7 Å². The lowest BCUT2D eigenvalue weighted by atomic mass is 10.1. The van der Waals surface area contributed by atoms with Crippen LogP contribution in [0.2, 0.25) is 0 Å². The van der Waals surface area contributed by atoms with Crippen LogP contribution in [0.1, 0.15) is 26.7 Å². The minimum atomic E-state index is 0.578. The van der Waals surface area contributed by atoms with E-state index in [-0.39, 0.29) is 0 Å². The number of anilines is 1. The number of rotatable bonds is 5. The molecule has 0 amide bonds. The molecule has 0 unspecified atom stereocenters. The number of imidazole rings is 1. The topological polar surface area (TPSA) is 63.9 Å². The summed E-state index contributed by atoms with van der Waals surface area (Å²) in [4.78, 5) is 7.45. The number of ether oxygens (including phenoxy) is 1. The lowest BCUT2D eigenvalue weighted by Crippen LogP contribution is -2.00. The van der Waals surface area contributed by atoms with E-state index < -0.39 is 0 Å². The van der Waals surface area contributed by atoms with Gasteiger partial charge < -0.3 is 15.5 Å². The van der Waals surface area contributed by atoms with Gasteiger partial charge in [0.1, 0.15) is 0 Å². The third-order valence-electron chi connectivity index (χ3n) is 2.65. The van der Waals surface area contributed by atoms with Crippen LogP contribution in [0.3, 0.4) is 0 Å². The van der Waals surface area contributed by atoms with E-state index in [0.717, 1.165) is 23.1 Å². The Bertz CT molecular complexity index is 490. The molecule has 0 atom stereocenters. The fourth-order valence-electron chi connectivity index (χ4n) is 1.73. The number of H-pyrrole nitrogens is 1. The molecule has 1 aromatic carbocycles. The van der Waals surface area contributed by atoms with Crippen LogP contribution >= 0.6 is 0 Å². The van der Waals surface area contributed by atoms with E-state index in [1.54, 1.807) is 0 Å². The van der Waals surface area contributed by atoms with Crippen molar-refractivity contribution in [2.75, 3.05) is 12.3 Å². The van der Waals surface area contributed by atoms with Crippen LogP contribution in [0.5, 0.6) is 6.01 Å². The molecule has 0 aliphatic heterocycles. The second-order valence-corrected chi connectivity index (χ2v) is 4.70. The highest BCUT2D eigenvalue weighted by Crippen LogP contribution is 2.18. The zero-order valence-corrected chi connectivity index (χ0v) is 10.4. The van der Waals surface area contributed by atoms with E-state index in [1.807, 2.05) is 18.2 Å². The Morgan fingerprint density at radius 1 is 1.41 bits per heavy atom. The predicted octanol–water partition coefficient (Wildman–Crippen LogP) is 2.96. The van der Waals surface area contributed by atoms with Gasteiger partial charge in [-0.15, -0.1) is 0 Å². The Balaban J connectivity index is 1.95. The number of aromatic amines is 1. The summed E-state index contributed by atoms with van der Waals surface area (Å²) >= 11 is 0. The van der Waals surface area contributed by atoms with E-state index in [9.17, 15) is 0 Å². The van der Waals surface area contributed by atoms with E-state index in [2.05, 4.69) is 23.8 Å². The number of nitrogen functional groups attached to an aromatic ring is 1. The Hall–Kier alpha value is -1.71. The molecule has 0 aliphatic rings.